The molecule has 1 nitrogen and oxygen atoms in total. The Balaban J connectivity index is 2.07. The predicted octanol–water partition coefficient (Wildman–Crippen LogP) is 3.40. The van der Waals surface area contributed by atoms with Crippen molar-refractivity contribution in [3.8, 4) is 0 Å². The van der Waals surface area contributed by atoms with E-state index in [-0.39, 0.29) is 0 Å². The lowest BCUT2D eigenvalue weighted by Crippen LogP contribution is -2.08. The molecule has 2 heteroatoms. The van der Waals surface area contributed by atoms with Crippen LogP contribution in [-0.4, -0.2) is 6.54 Å². The highest BCUT2D eigenvalue weighted by molar-refractivity contribution is 7.09. The second-order valence-electron chi connectivity index (χ2n) is 4.13. The van der Waals surface area contributed by atoms with E-state index in [0.29, 0.717) is 12.5 Å². The quantitative estimate of drug-likeness (QED) is 0.857. The second kappa shape index (κ2) is 5.28. The molecule has 1 unspecified atom stereocenters. The molecule has 0 saturated heterocycles. The number of hydrogen-bond acceptors (Lipinski definition) is 2. The van der Waals surface area contributed by atoms with Gasteiger partial charge in [-0.3, -0.25) is 0 Å². The normalized spacial score (nSPS) is 12.6. The highest BCUT2D eigenvalue weighted by Gasteiger charge is 2.03. The minimum Gasteiger partial charge on any atom is -0.330 e. The zero-order valence-corrected chi connectivity index (χ0v) is 10.3. The molecule has 0 saturated carbocycles. The van der Waals surface area contributed by atoms with Crippen LogP contribution >= 0.6 is 11.3 Å². The van der Waals surface area contributed by atoms with Gasteiger partial charge in [-0.2, -0.15) is 0 Å². The van der Waals surface area contributed by atoms with Gasteiger partial charge in [0.15, 0.2) is 0 Å². The van der Waals surface area contributed by atoms with Crippen molar-refractivity contribution in [1.82, 2.24) is 0 Å². The highest BCUT2D eigenvalue weighted by Crippen LogP contribution is 2.18. The van der Waals surface area contributed by atoms with Gasteiger partial charge in [-0.05, 0) is 35.0 Å². The second-order valence-corrected chi connectivity index (χ2v) is 5.17. The Morgan fingerprint density at radius 1 is 1.19 bits per heavy atom. The lowest BCUT2D eigenvalue weighted by molar-refractivity contribution is 0.773. The van der Waals surface area contributed by atoms with Crippen LogP contribution in [0.25, 0.3) is 0 Å². The van der Waals surface area contributed by atoms with Crippen molar-refractivity contribution in [2.75, 3.05) is 6.54 Å². The minimum atomic E-state index is 0.454. The molecule has 1 aromatic carbocycles. The van der Waals surface area contributed by atoms with Gasteiger partial charge in [0.05, 0.1) is 0 Å². The van der Waals surface area contributed by atoms with Crippen LogP contribution in [0.15, 0.2) is 41.8 Å². The third-order valence-corrected chi connectivity index (χ3v) is 3.74. The van der Waals surface area contributed by atoms with Crippen LogP contribution in [-0.2, 0) is 6.42 Å². The van der Waals surface area contributed by atoms with Crippen LogP contribution in [0.5, 0.6) is 0 Å². The monoisotopic (exact) mass is 231 g/mol. The van der Waals surface area contributed by atoms with E-state index in [2.05, 4.69) is 48.7 Å². The van der Waals surface area contributed by atoms with Gasteiger partial charge in [-0.25, -0.2) is 0 Å². The lowest BCUT2D eigenvalue weighted by Gasteiger charge is -2.09. The molecule has 0 aliphatic carbocycles. The molecule has 84 valence electrons. The molecule has 0 radical (unpaired) electrons. The molecule has 2 rings (SSSR count). The first-order valence-electron chi connectivity index (χ1n) is 5.61. The largest absolute Gasteiger partial charge is 0.330 e. The van der Waals surface area contributed by atoms with Crippen molar-refractivity contribution in [3.63, 3.8) is 0 Å². The van der Waals surface area contributed by atoms with Crippen LogP contribution in [0, 0.1) is 0 Å². The number of nitrogens with two attached hydrogens (primary N) is 1. The van der Waals surface area contributed by atoms with Gasteiger partial charge in [-0.1, -0.05) is 37.3 Å². The van der Waals surface area contributed by atoms with E-state index in [4.69, 9.17) is 5.73 Å². The molecule has 0 aliphatic rings. The van der Waals surface area contributed by atoms with Crippen LogP contribution in [0.1, 0.15) is 28.8 Å². The van der Waals surface area contributed by atoms with E-state index in [1.54, 1.807) is 0 Å². The molecule has 16 heavy (non-hydrogen) atoms. The molecule has 0 bridgehead atoms. The fourth-order valence-corrected chi connectivity index (χ4v) is 2.45. The van der Waals surface area contributed by atoms with Crippen molar-refractivity contribution in [2.45, 2.75) is 19.3 Å². The summed E-state index contributed by atoms with van der Waals surface area (Å²) in [4.78, 5) is 1.42. The number of hydrogen-bond donors (Lipinski definition) is 1. The summed E-state index contributed by atoms with van der Waals surface area (Å²) in [6.45, 7) is 2.87. The smallest absolute Gasteiger partial charge is 0.00890 e. The van der Waals surface area contributed by atoms with Gasteiger partial charge in [0.25, 0.3) is 0 Å². The maximum atomic E-state index is 5.65. The van der Waals surface area contributed by atoms with Gasteiger partial charge in [0, 0.05) is 11.3 Å². The molecule has 0 fully saturated rings. The highest BCUT2D eigenvalue weighted by atomic mass is 32.1. The first-order valence-corrected chi connectivity index (χ1v) is 6.49. The Morgan fingerprint density at radius 2 is 1.94 bits per heavy atom. The van der Waals surface area contributed by atoms with Gasteiger partial charge >= 0.3 is 0 Å². The summed E-state index contributed by atoms with van der Waals surface area (Å²) in [5.41, 5.74) is 8.36. The van der Waals surface area contributed by atoms with Crippen molar-refractivity contribution >= 4 is 11.3 Å². The molecule has 0 amide bonds. The summed E-state index contributed by atoms with van der Waals surface area (Å²) >= 11 is 1.81. The number of benzene rings is 1. The molecule has 0 spiro atoms. The van der Waals surface area contributed by atoms with E-state index in [0.717, 1.165) is 6.42 Å². The Kier molecular flexibility index (Phi) is 3.75. The van der Waals surface area contributed by atoms with Crippen molar-refractivity contribution in [2.24, 2.45) is 5.73 Å². The van der Waals surface area contributed by atoms with Gasteiger partial charge in [0.2, 0.25) is 0 Å². The minimum absolute atomic E-state index is 0.454. The summed E-state index contributed by atoms with van der Waals surface area (Å²) in [5, 5.41) is 2.13. The number of thiophene rings is 1. The fraction of sp³-hybridized carbons (Fsp3) is 0.286. The Morgan fingerprint density at radius 3 is 2.50 bits per heavy atom. The topological polar surface area (TPSA) is 26.0 Å². The summed E-state index contributed by atoms with van der Waals surface area (Å²) in [5.74, 6) is 0.454. The van der Waals surface area contributed by atoms with Crippen LogP contribution in [0.4, 0.5) is 0 Å². The Labute approximate surface area is 101 Å². The SMILES string of the molecule is CC(CN)c1ccc(Cc2cccs2)cc1. The Hall–Kier alpha value is -1.12. The first-order chi connectivity index (χ1) is 7.79. The molecular formula is C14H17NS. The van der Waals surface area contributed by atoms with Gasteiger partial charge < -0.3 is 5.73 Å². The summed E-state index contributed by atoms with van der Waals surface area (Å²) < 4.78 is 0. The summed E-state index contributed by atoms with van der Waals surface area (Å²) in [6.07, 6.45) is 1.04. The lowest BCUT2D eigenvalue weighted by atomic mass is 9.99. The molecule has 2 N–H and O–H groups in total. The molecule has 2 aromatic rings. The summed E-state index contributed by atoms with van der Waals surface area (Å²) in [6, 6.07) is 13.1. The molecule has 1 atom stereocenters. The van der Waals surface area contributed by atoms with E-state index in [1.165, 1.54) is 16.0 Å². The molecule has 0 aliphatic heterocycles. The molecule has 1 heterocycles. The van der Waals surface area contributed by atoms with Crippen molar-refractivity contribution in [3.05, 3.63) is 57.8 Å². The Bertz CT molecular complexity index is 417. The van der Waals surface area contributed by atoms with E-state index < -0.39 is 0 Å². The zero-order valence-electron chi connectivity index (χ0n) is 9.52. The van der Waals surface area contributed by atoms with E-state index in [1.807, 2.05) is 11.3 Å². The average molecular weight is 231 g/mol. The third kappa shape index (κ3) is 2.71. The first kappa shape index (κ1) is 11.4. The maximum absolute atomic E-state index is 5.65. The predicted molar refractivity (Wildman–Crippen MR) is 71.0 cm³/mol. The van der Waals surface area contributed by atoms with E-state index >= 15 is 0 Å². The van der Waals surface area contributed by atoms with Crippen LogP contribution in [0.2, 0.25) is 0 Å². The van der Waals surface area contributed by atoms with Crippen molar-refractivity contribution < 1.29 is 0 Å². The van der Waals surface area contributed by atoms with Gasteiger partial charge in [-0.15, -0.1) is 11.3 Å². The van der Waals surface area contributed by atoms with Crippen LogP contribution in [0.3, 0.4) is 0 Å². The van der Waals surface area contributed by atoms with Gasteiger partial charge in [0.1, 0.15) is 0 Å². The third-order valence-electron chi connectivity index (χ3n) is 2.86. The maximum Gasteiger partial charge on any atom is 0.00890 e. The fourth-order valence-electron chi connectivity index (χ4n) is 1.71. The molecular weight excluding hydrogens is 214 g/mol. The number of rotatable bonds is 4. The average Bonchev–Trinajstić information content (AvgIpc) is 2.82. The van der Waals surface area contributed by atoms with Crippen LogP contribution < -0.4 is 5.73 Å². The van der Waals surface area contributed by atoms with E-state index in [9.17, 15) is 0 Å². The molecule has 1 aromatic heterocycles. The zero-order chi connectivity index (χ0) is 11.4. The standard InChI is InChI=1S/C14H17NS/c1-11(10-15)13-6-4-12(5-7-13)9-14-3-2-8-16-14/h2-8,11H,9-10,15H2,1H3. The van der Waals surface area contributed by atoms with Crippen molar-refractivity contribution in [1.29, 1.82) is 0 Å². The summed E-state index contributed by atoms with van der Waals surface area (Å²) in [7, 11) is 0.